The highest BCUT2D eigenvalue weighted by Crippen LogP contribution is 2.38. The monoisotopic (exact) mass is 484 g/mol. The van der Waals surface area contributed by atoms with Gasteiger partial charge in [0.2, 0.25) is 0 Å². The molecule has 0 saturated carbocycles. The zero-order valence-electron chi connectivity index (χ0n) is 17.1. The molecule has 0 spiro atoms. The second-order valence-electron chi connectivity index (χ2n) is 5.68. The van der Waals surface area contributed by atoms with Crippen LogP contribution in [0.25, 0.3) is 5.57 Å². The Labute approximate surface area is 181 Å². The first-order valence-corrected chi connectivity index (χ1v) is 9.02. The number of nitro benzene ring substituents is 2. The van der Waals surface area contributed by atoms with Crippen LogP contribution in [0, 0.1) is 20.2 Å². The van der Waals surface area contributed by atoms with E-state index in [-0.39, 0.29) is 11.4 Å². The smallest absolute Gasteiger partial charge is 0.287 e. The molecule has 0 amide bonds. The number of allylic oxidation sites excluding steroid dienone is 1. The quantitative estimate of drug-likeness (QED) is 0.396. The molecule has 30 heavy (non-hydrogen) atoms. The highest BCUT2D eigenvalue weighted by atomic mass is 79.9. The highest BCUT2D eigenvalue weighted by Gasteiger charge is 2.19. The van der Waals surface area contributed by atoms with E-state index in [9.17, 15) is 20.2 Å². The van der Waals surface area contributed by atoms with Crippen molar-refractivity contribution >= 4 is 32.9 Å². The van der Waals surface area contributed by atoms with E-state index >= 15 is 0 Å². The van der Waals surface area contributed by atoms with Crippen molar-refractivity contribution in [3.8, 4) is 23.0 Å². The van der Waals surface area contributed by atoms with Crippen LogP contribution >= 0.6 is 15.9 Å². The lowest BCUT2D eigenvalue weighted by Gasteiger charge is -2.10. The SMILES string of the molecule is C=C(C)c1cc(OC)c(OC)cc1[N+](=O)[O-].COc1cc(Br)c([N+](=O)[O-])cc1OC. The number of hydrogen-bond acceptors (Lipinski definition) is 8. The van der Waals surface area contributed by atoms with Crippen LogP contribution in [-0.4, -0.2) is 38.3 Å². The molecule has 0 aliphatic heterocycles. The Morgan fingerprint density at radius 1 is 0.800 bits per heavy atom. The third-order valence-corrected chi connectivity index (χ3v) is 4.44. The van der Waals surface area contributed by atoms with Gasteiger partial charge in [0, 0.05) is 6.07 Å². The minimum Gasteiger partial charge on any atom is -0.493 e. The van der Waals surface area contributed by atoms with Gasteiger partial charge in [-0.25, -0.2) is 0 Å². The lowest BCUT2D eigenvalue weighted by molar-refractivity contribution is -0.385. The molecule has 0 saturated heterocycles. The van der Waals surface area contributed by atoms with Gasteiger partial charge in [0.1, 0.15) is 0 Å². The van der Waals surface area contributed by atoms with E-state index in [1.807, 2.05) is 0 Å². The van der Waals surface area contributed by atoms with Crippen molar-refractivity contribution in [2.45, 2.75) is 6.92 Å². The van der Waals surface area contributed by atoms with Gasteiger partial charge in [0.15, 0.2) is 23.0 Å². The van der Waals surface area contributed by atoms with Gasteiger partial charge in [0.05, 0.1) is 60.5 Å². The first kappa shape index (κ1) is 24.7. The Kier molecular flexibility index (Phi) is 9.06. The number of benzene rings is 2. The number of rotatable bonds is 7. The predicted octanol–water partition coefficient (Wildman–Crippen LogP) is 5.02. The number of nitro groups is 2. The third kappa shape index (κ3) is 5.83. The Balaban J connectivity index is 0.000000303. The summed E-state index contributed by atoms with van der Waals surface area (Å²) in [5, 5.41) is 21.4. The molecule has 0 unspecified atom stereocenters. The fourth-order valence-electron chi connectivity index (χ4n) is 2.34. The fraction of sp³-hybridized carbons (Fsp3) is 0.263. The van der Waals surface area contributed by atoms with Gasteiger partial charge >= 0.3 is 0 Å². The van der Waals surface area contributed by atoms with Gasteiger partial charge in [-0.2, -0.15) is 0 Å². The Hall–Kier alpha value is -3.34. The first-order valence-electron chi connectivity index (χ1n) is 8.23. The zero-order valence-corrected chi connectivity index (χ0v) is 18.6. The van der Waals surface area contributed by atoms with E-state index in [2.05, 4.69) is 22.5 Å². The van der Waals surface area contributed by atoms with Crippen LogP contribution in [0.2, 0.25) is 0 Å². The molecule has 0 radical (unpaired) electrons. The van der Waals surface area contributed by atoms with E-state index in [0.29, 0.717) is 38.6 Å². The molecule has 0 aromatic heterocycles. The average Bonchev–Trinajstić information content (AvgIpc) is 2.72. The fourth-order valence-corrected chi connectivity index (χ4v) is 2.81. The summed E-state index contributed by atoms with van der Waals surface area (Å²) in [6.45, 7) is 5.40. The van der Waals surface area contributed by atoms with Crippen LogP contribution in [0.1, 0.15) is 12.5 Å². The second-order valence-corrected chi connectivity index (χ2v) is 6.53. The molecule has 162 valence electrons. The standard InChI is InChI=1S/C11H13NO4.C8H8BrNO4/c1-7(2)8-5-10(15-3)11(16-4)6-9(8)12(13)14;1-13-7-3-5(9)6(10(11)12)4-8(7)14-2/h5-6H,1H2,2-4H3;3-4H,1-2H3. The van der Waals surface area contributed by atoms with Gasteiger partial charge in [-0.1, -0.05) is 6.58 Å². The third-order valence-electron chi connectivity index (χ3n) is 3.81. The highest BCUT2D eigenvalue weighted by molar-refractivity contribution is 9.10. The topological polar surface area (TPSA) is 123 Å². The lowest BCUT2D eigenvalue weighted by atomic mass is 10.1. The summed E-state index contributed by atoms with van der Waals surface area (Å²) in [5.74, 6) is 1.57. The molecule has 0 heterocycles. The minimum absolute atomic E-state index is 0.0369. The molecule has 0 aliphatic carbocycles. The Morgan fingerprint density at radius 2 is 1.17 bits per heavy atom. The molecule has 2 rings (SSSR count). The van der Waals surface area contributed by atoms with Crippen molar-refractivity contribution in [3.05, 3.63) is 61.1 Å². The summed E-state index contributed by atoms with van der Waals surface area (Å²) in [7, 11) is 5.81. The van der Waals surface area contributed by atoms with Crippen molar-refractivity contribution < 1.29 is 28.8 Å². The number of nitrogens with zero attached hydrogens (tertiary/aromatic N) is 2. The number of halogens is 1. The molecular weight excluding hydrogens is 464 g/mol. The van der Waals surface area contributed by atoms with Crippen molar-refractivity contribution in [2.24, 2.45) is 0 Å². The van der Waals surface area contributed by atoms with E-state index in [1.54, 1.807) is 13.0 Å². The number of hydrogen-bond donors (Lipinski definition) is 0. The Morgan fingerprint density at radius 3 is 1.53 bits per heavy atom. The van der Waals surface area contributed by atoms with Crippen molar-refractivity contribution in [1.29, 1.82) is 0 Å². The summed E-state index contributed by atoms with van der Waals surface area (Å²) >= 11 is 3.07. The van der Waals surface area contributed by atoms with Gasteiger partial charge < -0.3 is 18.9 Å². The van der Waals surface area contributed by atoms with Crippen LogP contribution < -0.4 is 18.9 Å². The van der Waals surface area contributed by atoms with Crippen LogP contribution in [0.3, 0.4) is 0 Å². The molecule has 0 bridgehead atoms. The first-order chi connectivity index (χ1) is 14.1. The molecule has 2 aromatic carbocycles. The van der Waals surface area contributed by atoms with Crippen LogP contribution in [0.4, 0.5) is 11.4 Å². The number of methoxy groups -OCH3 is 4. The lowest BCUT2D eigenvalue weighted by Crippen LogP contribution is -1.97. The minimum atomic E-state index is -0.494. The molecule has 0 N–H and O–H groups in total. The van der Waals surface area contributed by atoms with Gasteiger partial charge in [0.25, 0.3) is 11.4 Å². The second kappa shape index (κ2) is 11.0. The summed E-state index contributed by atoms with van der Waals surface area (Å²) in [6, 6.07) is 5.70. The molecule has 0 atom stereocenters. The average molecular weight is 485 g/mol. The van der Waals surface area contributed by atoms with Gasteiger partial charge in [-0.05, 0) is 34.5 Å². The number of ether oxygens (including phenoxy) is 4. The molecular formula is C19H21BrN2O8. The molecule has 0 fully saturated rings. The van der Waals surface area contributed by atoms with E-state index < -0.39 is 9.85 Å². The zero-order chi connectivity index (χ0) is 23.0. The summed E-state index contributed by atoms with van der Waals surface area (Å²) in [6.07, 6.45) is 0. The van der Waals surface area contributed by atoms with Crippen LogP contribution in [0.5, 0.6) is 23.0 Å². The van der Waals surface area contributed by atoms with E-state index in [4.69, 9.17) is 18.9 Å². The molecule has 10 nitrogen and oxygen atoms in total. The maximum atomic E-state index is 10.9. The Bertz CT molecular complexity index is 921. The van der Waals surface area contributed by atoms with Crippen molar-refractivity contribution in [3.63, 3.8) is 0 Å². The van der Waals surface area contributed by atoms with E-state index in [1.165, 1.54) is 46.6 Å². The largest absolute Gasteiger partial charge is 0.493 e. The van der Waals surface area contributed by atoms with Gasteiger partial charge in [-0.3, -0.25) is 20.2 Å². The van der Waals surface area contributed by atoms with Gasteiger partial charge in [-0.15, -0.1) is 0 Å². The van der Waals surface area contributed by atoms with Crippen molar-refractivity contribution in [2.75, 3.05) is 28.4 Å². The summed E-state index contributed by atoms with van der Waals surface area (Å²) < 4.78 is 20.3. The molecule has 0 aliphatic rings. The van der Waals surface area contributed by atoms with Crippen LogP contribution in [0.15, 0.2) is 35.3 Å². The maximum Gasteiger partial charge on any atom is 0.287 e. The predicted molar refractivity (Wildman–Crippen MR) is 115 cm³/mol. The van der Waals surface area contributed by atoms with Crippen LogP contribution in [-0.2, 0) is 0 Å². The van der Waals surface area contributed by atoms with E-state index in [0.717, 1.165) is 0 Å². The summed E-state index contributed by atoms with van der Waals surface area (Å²) in [5.41, 5.74) is 0.961. The summed E-state index contributed by atoms with van der Waals surface area (Å²) in [4.78, 5) is 20.5. The normalized spacial score (nSPS) is 9.67. The molecule has 2 aromatic rings. The van der Waals surface area contributed by atoms with Crippen molar-refractivity contribution in [1.82, 2.24) is 0 Å². The maximum absolute atomic E-state index is 10.9. The molecule has 11 heteroatoms.